The number of aryl methyl sites for hydroxylation is 1. The van der Waals surface area contributed by atoms with Crippen molar-refractivity contribution in [1.29, 1.82) is 0 Å². The van der Waals surface area contributed by atoms with Crippen molar-refractivity contribution < 1.29 is 52.5 Å². The van der Waals surface area contributed by atoms with Crippen molar-refractivity contribution in [2.24, 2.45) is 5.92 Å². The normalized spacial score (nSPS) is 23.9. The van der Waals surface area contributed by atoms with Gasteiger partial charge in [0.05, 0.1) is 62.4 Å². The first-order chi connectivity index (χ1) is 45.7. The molecule has 2 bridgehead atoms. The van der Waals surface area contributed by atoms with Gasteiger partial charge in [0.2, 0.25) is 11.8 Å². The second-order valence-corrected chi connectivity index (χ2v) is 29.2. The van der Waals surface area contributed by atoms with E-state index in [0.29, 0.717) is 63.2 Å². The van der Waals surface area contributed by atoms with Crippen LogP contribution in [0.1, 0.15) is 139 Å². The maximum Gasteiger partial charge on any atom is 0.410 e. The molecule has 3 unspecified atom stereocenters. The quantitative estimate of drug-likeness (QED) is 0.0805. The third kappa shape index (κ3) is 12.3. The first kappa shape index (κ1) is 64.2. The molecule has 0 radical (unpaired) electrons. The van der Waals surface area contributed by atoms with Crippen LogP contribution in [-0.4, -0.2) is 195 Å². The molecular weight excluding hydrogens is 1230 g/mol. The van der Waals surface area contributed by atoms with Crippen LogP contribution in [0.2, 0.25) is 0 Å². The number of aliphatic hydroxyl groups is 1. The number of aliphatic hydroxyl groups excluding tert-OH is 1. The molecule has 9 atom stereocenters. The summed E-state index contributed by atoms with van der Waals surface area (Å²) in [5.74, 6) is 0.652. The molecule has 6 fully saturated rings. The molecule has 7 aromatic rings. The average molecular weight is 1320 g/mol. The summed E-state index contributed by atoms with van der Waals surface area (Å²) in [6.45, 7) is 20.1. The van der Waals surface area contributed by atoms with Gasteiger partial charge in [-0.3, -0.25) is 24.4 Å². The van der Waals surface area contributed by atoms with Gasteiger partial charge in [-0.15, -0.1) is 11.3 Å². The third-order valence-corrected chi connectivity index (χ3v) is 21.7. The number of hydrogen-bond acceptors (Lipinski definition) is 20. The summed E-state index contributed by atoms with van der Waals surface area (Å²) < 4.78 is 36.4. The highest BCUT2D eigenvalue weighted by molar-refractivity contribution is 7.13. The number of methoxy groups -OCH3 is 1. The number of carbonyl (C=O) groups excluding carboxylic acids is 4. The average Bonchev–Trinajstić information content (AvgIpc) is 1.55. The number of benzene rings is 3. The van der Waals surface area contributed by atoms with Crippen LogP contribution >= 0.6 is 11.3 Å². The van der Waals surface area contributed by atoms with Crippen LogP contribution in [0.4, 0.5) is 21.2 Å². The SMILES string of the molecule is COCOc1cc2c3c(cccc3c1)C(C)c1c-2ncc2c(N3CC4CCC(C3)N4C(=O)OC(C)(C)C)nc(OC[C@]34CCCN3[C@H](COC(=O)N3CCN(c5cc([C@@H](C(=O)N6C[C@H](O)C[C@H]6C(=O)N[C@@H](C)c6ccc(-c7scnc7C)cc6)C(C)C)on5)CC3)CC4)nc12. The molecular formula is C71H86N12O11S. The van der Waals surface area contributed by atoms with Gasteiger partial charge in [-0.1, -0.05) is 68.4 Å². The Balaban J connectivity index is 0.626. The van der Waals surface area contributed by atoms with Gasteiger partial charge in [-0.25, -0.2) is 14.6 Å². The molecule has 1 aliphatic carbocycles. The van der Waals surface area contributed by atoms with Crippen molar-refractivity contribution in [2.75, 3.05) is 89.3 Å². The fraction of sp³-hybridized carbons (Fsp3) is 0.535. The minimum atomic E-state index is -0.866. The number of anilines is 2. The number of nitrogens with zero attached hydrogens (tertiary/aromatic N) is 11. The summed E-state index contributed by atoms with van der Waals surface area (Å²) in [4.78, 5) is 89.4. The van der Waals surface area contributed by atoms with Crippen molar-refractivity contribution >= 4 is 68.6 Å². The van der Waals surface area contributed by atoms with E-state index in [2.05, 4.69) is 56.4 Å². The smallest absolute Gasteiger partial charge is 0.410 e. The first-order valence-corrected chi connectivity index (χ1v) is 34.6. The van der Waals surface area contributed by atoms with Gasteiger partial charge in [0.1, 0.15) is 42.3 Å². The molecule has 24 heteroatoms. The van der Waals surface area contributed by atoms with Gasteiger partial charge in [0.25, 0.3) is 0 Å². The number of thiazole rings is 1. The second kappa shape index (κ2) is 25.8. The zero-order valence-corrected chi connectivity index (χ0v) is 56.5. The molecule has 6 saturated heterocycles. The monoisotopic (exact) mass is 1310 g/mol. The van der Waals surface area contributed by atoms with Crippen molar-refractivity contribution in [3.63, 3.8) is 0 Å². The van der Waals surface area contributed by atoms with E-state index in [1.165, 1.54) is 10.5 Å². The maximum absolute atomic E-state index is 14.5. The summed E-state index contributed by atoms with van der Waals surface area (Å²) in [5.41, 5.74) is 8.57. The van der Waals surface area contributed by atoms with E-state index in [4.69, 9.17) is 43.2 Å². The number of carbonyl (C=O) groups is 4. The maximum atomic E-state index is 14.5. The number of pyridine rings is 1. The Morgan fingerprint density at radius 1 is 0.884 bits per heavy atom. The Hall–Kier alpha value is -8.19. The highest BCUT2D eigenvalue weighted by Gasteiger charge is 2.51. The first-order valence-electron chi connectivity index (χ1n) is 33.7. The molecule has 4 aromatic heterocycles. The molecule has 4 amide bonds. The third-order valence-electron chi connectivity index (χ3n) is 20.8. The lowest BCUT2D eigenvalue weighted by Gasteiger charge is -2.42. The van der Waals surface area contributed by atoms with Gasteiger partial charge in [0.15, 0.2) is 18.4 Å². The number of piperazine rings is 2. The highest BCUT2D eigenvalue weighted by atomic mass is 32.1. The standard InChI is InChI=1S/C71H86N12O11S/c1-40(2)58(66(86)81-35-50(84)29-55(81)65(85)74-42(4)44-14-16-45(17-15-44)63-43(5)73-38-95-63)56-31-57(77-94-56)78-24-26-79(27-25-78)68(87)90-36-49-20-22-71(21-11-23-82(49)71)37-91-67-75-62-54(64(76-67)80-33-47-18-19-48(34-80)83(47)69(88)93-70(6,7)8)32-72-61-53-30-51(92-39-89-9)28-46-12-10-13-52(60(46)53)41(3)59(61)62/h10,12-17,28,30-32,38,40-42,47-50,55,58,84H,11,18-27,29,33-37,39H2,1-9H3,(H,74,85)/t41?,42-,47?,48?,49-,50+,55-,58-,71+/m0/s1. The van der Waals surface area contributed by atoms with Gasteiger partial charge in [-0.2, -0.15) is 9.97 Å². The topological polar surface area (TPSA) is 244 Å². The lowest BCUT2D eigenvalue weighted by molar-refractivity contribution is -0.141. The van der Waals surface area contributed by atoms with Crippen molar-refractivity contribution in [3.05, 3.63) is 101 Å². The van der Waals surface area contributed by atoms with E-state index in [1.54, 1.807) is 29.4 Å². The molecule has 2 N–H and O–H groups in total. The van der Waals surface area contributed by atoms with Crippen LogP contribution < -0.4 is 24.6 Å². The zero-order chi connectivity index (χ0) is 66.2. The van der Waals surface area contributed by atoms with Crippen molar-refractivity contribution in [2.45, 2.75) is 160 Å². The number of fused-ring (bicyclic) bond motifs is 7. The van der Waals surface area contributed by atoms with Gasteiger partial charge >= 0.3 is 18.2 Å². The molecule has 502 valence electrons. The van der Waals surface area contributed by atoms with Gasteiger partial charge in [-0.05, 0) is 125 Å². The van der Waals surface area contributed by atoms with Crippen molar-refractivity contribution in [3.8, 4) is 33.5 Å². The minimum absolute atomic E-state index is 0.000429. The van der Waals surface area contributed by atoms with Crippen molar-refractivity contribution in [1.82, 2.24) is 50.0 Å². The van der Waals surface area contributed by atoms with Crippen LogP contribution in [0.25, 0.3) is 43.4 Å². The number of amides is 4. The van der Waals surface area contributed by atoms with Crippen LogP contribution in [-0.2, 0) is 23.8 Å². The molecule has 0 saturated carbocycles. The summed E-state index contributed by atoms with van der Waals surface area (Å²) in [5, 5.41) is 21.4. The highest BCUT2D eigenvalue weighted by Crippen LogP contribution is 2.50. The molecule has 10 heterocycles. The van der Waals surface area contributed by atoms with E-state index in [9.17, 15) is 24.3 Å². The summed E-state index contributed by atoms with van der Waals surface area (Å²) >= 11 is 1.58. The Bertz CT molecular complexity index is 4040. The van der Waals surface area contributed by atoms with Crippen LogP contribution in [0, 0.1) is 12.8 Å². The van der Waals surface area contributed by atoms with Gasteiger partial charge in [0, 0.05) is 94.7 Å². The molecule has 23 nitrogen and oxygen atoms in total. The molecule has 95 heavy (non-hydrogen) atoms. The molecule has 14 rings (SSSR count). The molecule has 7 aliphatic rings. The zero-order valence-electron chi connectivity index (χ0n) is 55.7. The number of aromatic nitrogens is 5. The van der Waals surface area contributed by atoms with Crippen LogP contribution in [0.3, 0.4) is 0 Å². The Labute approximate surface area is 557 Å². The minimum Gasteiger partial charge on any atom is -0.468 e. The van der Waals surface area contributed by atoms with E-state index in [1.807, 2.05) is 100 Å². The number of ether oxygens (including phenoxy) is 5. The van der Waals surface area contributed by atoms with Crippen LogP contribution in [0.15, 0.2) is 76.9 Å². The summed E-state index contributed by atoms with van der Waals surface area (Å²) in [7, 11) is 1.61. The number of rotatable bonds is 17. The Morgan fingerprint density at radius 3 is 2.39 bits per heavy atom. The van der Waals surface area contributed by atoms with Gasteiger partial charge < -0.3 is 58.2 Å². The predicted octanol–water partition coefficient (Wildman–Crippen LogP) is 10.2. The number of likely N-dealkylation sites (tertiary alicyclic amines) is 1. The lowest BCUT2D eigenvalue weighted by Crippen LogP contribution is -2.57. The van der Waals surface area contributed by atoms with E-state index in [-0.39, 0.29) is 97.9 Å². The summed E-state index contributed by atoms with van der Waals surface area (Å²) in [6.07, 6.45) is 5.82. The summed E-state index contributed by atoms with van der Waals surface area (Å²) in [6, 6.07) is 19.3. The number of nitrogens with one attached hydrogen (secondary N) is 1. The van der Waals surface area contributed by atoms with E-state index < -0.39 is 23.7 Å². The molecule has 3 aromatic carbocycles. The van der Waals surface area contributed by atoms with E-state index in [0.717, 1.165) is 111 Å². The predicted molar refractivity (Wildman–Crippen MR) is 359 cm³/mol. The largest absolute Gasteiger partial charge is 0.468 e. The van der Waals surface area contributed by atoms with E-state index >= 15 is 0 Å². The fourth-order valence-electron chi connectivity index (χ4n) is 16.1. The fourth-order valence-corrected chi connectivity index (χ4v) is 16.9. The lowest BCUT2D eigenvalue weighted by atomic mass is 9.79. The Kier molecular flexibility index (Phi) is 17.4. The number of hydrogen-bond donors (Lipinski definition) is 2. The van der Waals surface area contributed by atoms with Crippen LogP contribution in [0.5, 0.6) is 11.8 Å². The second-order valence-electron chi connectivity index (χ2n) is 28.4. The molecule has 0 spiro atoms. The Morgan fingerprint density at radius 2 is 1.66 bits per heavy atom. The molecule has 6 aliphatic heterocycles. The number of β-amino-alcohol motifs (C(OH)–C–C–N with tert-alkyl or cyclic N) is 1.